The van der Waals surface area contributed by atoms with Crippen molar-refractivity contribution in [2.75, 3.05) is 13.2 Å². The molecule has 1 saturated carbocycles. The molecule has 0 bridgehead atoms. The van der Waals surface area contributed by atoms with Gasteiger partial charge in [0.05, 0.1) is 11.9 Å². The third-order valence-electron chi connectivity index (χ3n) is 3.60. The van der Waals surface area contributed by atoms with Crippen molar-refractivity contribution >= 4 is 10.0 Å². The van der Waals surface area contributed by atoms with E-state index in [-0.39, 0.29) is 11.9 Å². The van der Waals surface area contributed by atoms with Crippen molar-refractivity contribution in [3.05, 3.63) is 0 Å². The Morgan fingerprint density at radius 1 is 0.944 bits per heavy atom. The summed E-state index contributed by atoms with van der Waals surface area (Å²) in [6.45, 7) is 0.294. The molecular weight excluding hydrogens is 253 g/mol. The SMILES string of the molecule is O=S(=O)(NCCCCCCCF)C1CCCCC1. The average molecular weight is 279 g/mol. The quantitative estimate of drug-likeness (QED) is 0.659. The first-order valence-corrected chi connectivity index (χ1v) is 8.76. The Bertz CT molecular complexity index is 300. The fraction of sp³-hybridized carbons (Fsp3) is 1.00. The van der Waals surface area contributed by atoms with E-state index in [4.69, 9.17) is 0 Å². The first kappa shape index (κ1) is 15.9. The maximum absolute atomic E-state index is 12.0. The molecule has 0 unspecified atom stereocenters. The van der Waals surface area contributed by atoms with Crippen molar-refractivity contribution in [1.29, 1.82) is 0 Å². The number of alkyl halides is 1. The van der Waals surface area contributed by atoms with E-state index in [2.05, 4.69) is 4.72 Å². The maximum Gasteiger partial charge on any atom is 0.214 e. The molecule has 0 radical (unpaired) electrons. The molecule has 3 nitrogen and oxygen atoms in total. The summed E-state index contributed by atoms with van der Waals surface area (Å²) in [6, 6.07) is 0. The first-order chi connectivity index (χ1) is 8.67. The molecule has 5 heteroatoms. The van der Waals surface area contributed by atoms with Crippen LogP contribution in [0.15, 0.2) is 0 Å². The van der Waals surface area contributed by atoms with Gasteiger partial charge in [-0.15, -0.1) is 0 Å². The zero-order valence-corrected chi connectivity index (χ0v) is 12.0. The molecule has 0 amide bonds. The lowest BCUT2D eigenvalue weighted by Gasteiger charge is -2.21. The fourth-order valence-corrected chi connectivity index (χ4v) is 4.08. The van der Waals surface area contributed by atoms with Gasteiger partial charge in [-0.25, -0.2) is 13.1 Å². The molecule has 18 heavy (non-hydrogen) atoms. The second-order valence-electron chi connectivity index (χ2n) is 5.16. The number of halogens is 1. The lowest BCUT2D eigenvalue weighted by molar-refractivity contribution is 0.450. The van der Waals surface area contributed by atoms with Crippen molar-refractivity contribution in [2.24, 2.45) is 0 Å². The highest BCUT2D eigenvalue weighted by Crippen LogP contribution is 2.22. The number of unbranched alkanes of at least 4 members (excludes halogenated alkanes) is 4. The molecule has 1 fully saturated rings. The Balaban J connectivity index is 2.09. The van der Waals surface area contributed by atoms with E-state index in [1.807, 2.05) is 0 Å². The molecule has 0 atom stereocenters. The minimum atomic E-state index is -3.09. The highest BCUT2D eigenvalue weighted by Gasteiger charge is 2.26. The molecule has 1 aliphatic carbocycles. The van der Waals surface area contributed by atoms with Crippen molar-refractivity contribution in [3.8, 4) is 0 Å². The van der Waals surface area contributed by atoms with Crippen LogP contribution in [0.1, 0.15) is 64.2 Å². The van der Waals surface area contributed by atoms with Gasteiger partial charge in [0.25, 0.3) is 0 Å². The minimum absolute atomic E-state index is 0.169. The van der Waals surface area contributed by atoms with Gasteiger partial charge in [0, 0.05) is 6.54 Å². The lowest BCUT2D eigenvalue weighted by Crippen LogP contribution is -2.36. The van der Waals surface area contributed by atoms with Crippen LogP contribution >= 0.6 is 0 Å². The second-order valence-corrected chi connectivity index (χ2v) is 7.20. The lowest BCUT2D eigenvalue weighted by atomic mass is 10.0. The van der Waals surface area contributed by atoms with Crippen LogP contribution in [0.2, 0.25) is 0 Å². The predicted molar refractivity (Wildman–Crippen MR) is 72.9 cm³/mol. The van der Waals surface area contributed by atoms with Gasteiger partial charge in [0.15, 0.2) is 0 Å². The van der Waals surface area contributed by atoms with Crippen LogP contribution in [-0.4, -0.2) is 26.9 Å². The highest BCUT2D eigenvalue weighted by atomic mass is 32.2. The van der Waals surface area contributed by atoms with Crippen LogP contribution in [0.4, 0.5) is 4.39 Å². The third-order valence-corrected chi connectivity index (χ3v) is 5.56. The summed E-state index contributed by atoms with van der Waals surface area (Å²) in [7, 11) is -3.09. The van der Waals surface area contributed by atoms with E-state index >= 15 is 0 Å². The molecule has 0 saturated heterocycles. The molecule has 0 aromatic rings. The monoisotopic (exact) mass is 279 g/mol. The summed E-state index contributed by atoms with van der Waals surface area (Å²) in [5.74, 6) is 0. The van der Waals surface area contributed by atoms with Gasteiger partial charge >= 0.3 is 0 Å². The van der Waals surface area contributed by atoms with Crippen LogP contribution in [0.5, 0.6) is 0 Å². The zero-order valence-electron chi connectivity index (χ0n) is 11.2. The van der Waals surface area contributed by atoms with E-state index in [1.54, 1.807) is 0 Å². The normalized spacial score (nSPS) is 18.1. The summed E-state index contributed by atoms with van der Waals surface area (Å²) < 4.78 is 38.5. The fourth-order valence-electron chi connectivity index (χ4n) is 2.46. The van der Waals surface area contributed by atoms with Crippen LogP contribution in [0.3, 0.4) is 0 Å². The number of hydrogen-bond acceptors (Lipinski definition) is 2. The molecule has 108 valence electrons. The van der Waals surface area contributed by atoms with Gasteiger partial charge in [-0.2, -0.15) is 0 Å². The van der Waals surface area contributed by atoms with Gasteiger partial charge in [0.2, 0.25) is 10.0 Å². The maximum atomic E-state index is 12.0. The van der Waals surface area contributed by atoms with Gasteiger partial charge in [-0.3, -0.25) is 4.39 Å². The second kappa shape index (κ2) is 8.86. The van der Waals surface area contributed by atoms with Crippen LogP contribution in [0, 0.1) is 0 Å². The molecule has 1 N–H and O–H groups in total. The largest absolute Gasteiger partial charge is 0.251 e. The van der Waals surface area contributed by atoms with Gasteiger partial charge in [-0.05, 0) is 25.7 Å². The topological polar surface area (TPSA) is 46.2 Å². The number of nitrogens with one attached hydrogen (secondary N) is 1. The van der Waals surface area contributed by atoms with Crippen LogP contribution < -0.4 is 4.72 Å². The average Bonchev–Trinajstić information content (AvgIpc) is 2.39. The molecule has 0 spiro atoms. The summed E-state index contributed by atoms with van der Waals surface area (Å²) in [6.07, 6.45) is 9.24. The van der Waals surface area contributed by atoms with Crippen molar-refractivity contribution < 1.29 is 12.8 Å². The summed E-state index contributed by atoms with van der Waals surface area (Å²) in [4.78, 5) is 0. The number of sulfonamides is 1. The zero-order chi connectivity index (χ0) is 13.3. The molecule has 1 aliphatic rings. The van der Waals surface area contributed by atoms with Crippen LogP contribution in [0.25, 0.3) is 0 Å². The molecular formula is C13H26FNO2S. The Morgan fingerprint density at radius 3 is 2.22 bits per heavy atom. The highest BCUT2D eigenvalue weighted by molar-refractivity contribution is 7.90. The van der Waals surface area contributed by atoms with Crippen molar-refractivity contribution in [3.63, 3.8) is 0 Å². The first-order valence-electron chi connectivity index (χ1n) is 7.21. The van der Waals surface area contributed by atoms with Gasteiger partial charge in [0.1, 0.15) is 0 Å². The standard InChI is InChI=1S/C13H26FNO2S/c14-11-7-2-1-3-8-12-15-18(16,17)13-9-5-4-6-10-13/h13,15H,1-12H2. The van der Waals surface area contributed by atoms with E-state index < -0.39 is 10.0 Å². The molecule has 0 aromatic carbocycles. The summed E-state index contributed by atoms with van der Waals surface area (Å²) in [5.41, 5.74) is 0. The molecule has 0 heterocycles. The Morgan fingerprint density at radius 2 is 1.56 bits per heavy atom. The Kier molecular flexibility index (Phi) is 7.82. The molecule has 1 rings (SSSR count). The van der Waals surface area contributed by atoms with E-state index in [9.17, 15) is 12.8 Å². The Labute approximate surface area is 111 Å². The van der Waals surface area contributed by atoms with E-state index in [1.165, 1.54) is 6.42 Å². The minimum Gasteiger partial charge on any atom is -0.251 e. The van der Waals surface area contributed by atoms with Crippen molar-refractivity contribution in [2.45, 2.75) is 69.5 Å². The van der Waals surface area contributed by atoms with Gasteiger partial charge in [-0.1, -0.05) is 38.5 Å². The number of hydrogen-bond donors (Lipinski definition) is 1. The summed E-state index contributed by atoms with van der Waals surface area (Å²) in [5, 5.41) is -0.169. The Hall–Kier alpha value is -0.160. The third kappa shape index (κ3) is 6.14. The van der Waals surface area contributed by atoms with Crippen molar-refractivity contribution in [1.82, 2.24) is 4.72 Å². The van der Waals surface area contributed by atoms with E-state index in [0.717, 1.165) is 51.4 Å². The molecule has 0 aliphatic heterocycles. The smallest absolute Gasteiger partial charge is 0.214 e. The number of rotatable bonds is 9. The van der Waals surface area contributed by atoms with Crippen LogP contribution in [-0.2, 0) is 10.0 Å². The molecule has 0 aromatic heterocycles. The van der Waals surface area contributed by atoms with Gasteiger partial charge < -0.3 is 0 Å². The predicted octanol–water partition coefficient (Wildman–Crippen LogP) is 3.16. The van der Waals surface area contributed by atoms with E-state index in [0.29, 0.717) is 13.0 Å². The summed E-state index contributed by atoms with van der Waals surface area (Å²) >= 11 is 0.